The fraction of sp³-hybridized carbons (Fsp3) is 0.895. The van der Waals surface area contributed by atoms with Crippen molar-refractivity contribution in [3.63, 3.8) is 0 Å². The van der Waals surface area contributed by atoms with Gasteiger partial charge in [0.1, 0.15) is 6.04 Å². The predicted octanol–water partition coefficient (Wildman–Crippen LogP) is 4.83. The topological polar surface area (TPSA) is 64.6 Å². The summed E-state index contributed by atoms with van der Waals surface area (Å²) < 4.78 is 10.4. The molecule has 0 aromatic heterocycles. The average Bonchev–Trinajstić information content (AvgIpc) is 2.55. The zero-order valence-corrected chi connectivity index (χ0v) is 16.1. The van der Waals surface area contributed by atoms with E-state index in [-0.39, 0.29) is 11.9 Å². The molecule has 0 aromatic rings. The number of unbranched alkanes of at least 4 members (excludes halogenated alkanes) is 6. The maximum absolute atomic E-state index is 12.2. The van der Waals surface area contributed by atoms with Gasteiger partial charge >= 0.3 is 12.1 Å². The van der Waals surface area contributed by atoms with Gasteiger partial charge in [0.25, 0.3) is 0 Å². The summed E-state index contributed by atoms with van der Waals surface area (Å²) in [6, 6.07) is -0.604. The second-order valence-corrected chi connectivity index (χ2v) is 6.77. The van der Waals surface area contributed by atoms with Gasteiger partial charge < -0.3 is 14.8 Å². The normalized spacial score (nSPS) is 12.0. The van der Waals surface area contributed by atoms with Crippen LogP contribution in [0.4, 0.5) is 4.79 Å². The minimum atomic E-state index is -0.604. The molecule has 1 amide bonds. The Morgan fingerprint density at radius 1 is 0.875 bits per heavy atom. The van der Waals surface area contributed by atoms with Crippen molar-refractivity contribution in [3.8, 4) is 0 Å². The fourth-order valence-electron chi connectivity index (χ4n) is 2.25. The maximum atomic E-state index is 12.2. The minimum absolute atomic E-state index is 0.268. The van der Waals surface area contributed by atoms with Crippen LogP contribution in [0.5, 0.6) is 0 Å². The number of hydrogen-bond acceptors (Lipinski definition) is 4. The first-order valence-corrected chi connectivity index (χ1v) is 9.61. The Balaban J connectivity index is 4.28. The van der Waals surface area contributed by atoms with Gasteiger partial charge in [-0.2, -0.15) is 0 Å². The monoisotopic (exact) mass is 343 g/mol. The molecule has 0 radical (unpaired) electrons. The van der Waals surface area contributed by atoms with Crippen molar-refractivity contribution in [1.29, 1.82) is 0 Å². The molecule has 1 unspecified atom stereocenters. The maximum Gasteiger partial charge on any atom is 0.407 e. The fourth-order valence-corrected chi connectivity index (χ4v) is 2.25. The number of esters is 1. The van der Waals surface area contributed by atoms with Crippen LogP contribution in [-0.2, 0) is 14.3 Å². The molecule has 1 N–H and O–H groups in total. The summed E-state index contributed by atoms with van der Waals surface area (Å²) >= 11 is 0. The lowest BCUT2D eigenvalue weighted by atomic mass is 10.1. The molecule has 5 nitrogen and oxygen atoms in total. The highest BCUT2D eigenvalue weighted by molar-refractivity contribution is 5.81. The largest absolute Gasteiger partial charge is 0.464 e. The summed E-state index contributed by atoms with van der Waals surface area (Å²) in [6.07, 6.45) is 8.53. The van der Waals surface area contributed by atoms with E-state index >= 15 is 0 Å². The number of carbonyl (C=O) groups excluding carboxylic acids is 2. The van der Waals surface area contributed by atoms with E-state index in [1.54, 1.807) is 0 Å². The van der Waals surface area contributed by atoms with Crippen LogP contribution in [-0.4, -0.2) is 31.3 Å². The molecule has 0 aromatic carbocycles. The highest BCUT2D eigenvalue weighted by Gasteiger charge is 2.22. The van der Waals surface area contributed by atoms with Crippen LogP contribution in [0.1, 0.15) is 85.5 Å². The Morgan fingerprint density at radius 3 is 2.08 bits per heavy atom. The molecule has 0 saturated heterocycles. The summed E-state index contributed by atoms with van der Waals surface area (Å²) in [7, 11) is 0. The summed E-state index contributed by atoms with van der Waals surface area (Å²) in [4.78, 5) is 24.0. The van der Waals surface area contributed by atoms with Gasteiger partial charge in [-0.05, 0) is 18.8 Å². The number of nitrogens with one attached hydrogen (secondary N) is 1. The van der Waals surface area contributed by atoms with E-state index in [0.29, 0.717) is 19.6 Å². The lowest BCUT2D eigenvalue weighted by molar-refractivity contribution is -0.146. The van der Waals surface area contributed by atoms with Crippen LogP contribution in [0.2, 0.25) is 0 Å². The quantitative estimate of drug-likeness (QED) is 0.362. The van der Waals surface area contributed by atoms with E-state index in [4.69, 9.17) is 9.47 Å². The zero-order valence-electron chi connectivity index (χ0n) is 16.1. The third-order valence-electron chi connectivity index (χ3n) is 3.71. The Labute approximate surface area is 147 Å². The standard InChI is InChI=1S/C19H37NO4/c1-5-7-9-11-13-17(20-19(22)24-15-16(3)4)18(21)23-14-12-10-8-6-2/h16-17H,5-15H2,1-4H3,(H,20,22). The zero-order chi connectivity index (χ0) is 18.2. The lowest BCUT2D eigenvalue weighted by Crippen LogP contribution is -2.42. The Morgan fingerprint density at radius 2 is 1.50 bits per heavy atom. The van der Waals surface area contributed by atoms with E-state index in [2.05, 4.69) is 19.2 Å². The SMILES string of the molecule is CCCCCCOC(=O)C(CCCCCC)NC(=O)OCC(C)C. The lowest BCUT2D eigenvalue weighted by Gasteiger charge is -2.18. The Bertz CT molecular complexity index is 331. The Kier molecular flexibility index (Phi) is 14.5. The highest BCUT2D eigenvalue weighted by atomic mass is 16.6. The molecule has 0 heterocycles. The summed E-state index contributed by atoms with van der Waals surface area (Å²) in [5.41, 5.74) is 0. The molecular weight excluding hydrogens is 306 g/mol. The van der Waals surface area contributed by atoms with Gasteiger partial charge in [0.15, 0.2) is 0 Å². The van der Waals surface area contributed by atoms with Crippen molar-refractivity contribution in [2.24, 2.45) is 5.92 Å². The molecule has 5 heteroatoms. The number of hydrogen-bond donors (Lipinski definition) is 1. The molecule has 0 fully saturated rings. The summed E-state index contributed by atoms with van der Waals surface area (Å²) in [5, 5.41) is 2.67. The molecule has 0 aliphatic rings. The predicted molar refractivity (Wildman–Crippen MR) is 97.0 cm³/mol. The molecule has 142 valence electrons. The van der Waals surface area contributed by atoms with Gasteiger partial charge in [-0.1, -0.05) is 72.6 Å². The average molecular weight is 344 g/mol. The number of rotatable bonds is 14. The van der Waals surface area contributed by atoms with E-state index in [1.165, 1.54) is 0 Å². The van der Waals surface area contributed by atoms with Crippen molar-refractivity contribution in [2.45, 2.75) is 91.5 Å². The highest BCUT2D eigenvalue weighted by Crippen LogP contribution is 2.08. The summed E-state index contributed by atoms with van der Waals surface area (Å²) in [5.74, 6) is -0.0752. The molecule has 24 heavy (non-hydrogen) atoms. The smallest absolute Gasteiger partial charge is 0.407 e. The van der Waals surface area contributed by atoms with Crippen molar-refractivity contribution in [3.05, 3.63) is 0 Å². The molecule has 0 aliphatic heterocycles. The first-order valence-electron chi connectivity index (χ1n) is 9.61. The first-order chi connectivity index (χ1) is 11.5. The number of amides is 1. The molecule has 1 atom stereocenters. The van der Waals surface area contributed by atoms with Crippen LogP contribution < -0.4 is 5.32 Å². The van der Waals surface area contributed by atoms with Gasteiger partial charge in [-0.25, -0.2) is 9.59 Å². The number of carbonyl (C=O) groups is 2. The second kappa shape index (κ2) is 15.3. The number of ether oxygens (including phenoxy) is 2. The third-order valence-corrected chi connectivity index (χ3v) is 3.71. The van der Waals surface area contributed by atoms with Gasteiger partial charge in [0, 0.05) is 0 Å². The van der Waals surface area contributed by atoms with Gasteiger partial charge in [0.05, 0.1) is 13.2 Å². The van der Waals surface area contributed by atoms with Gasteiger partial charge in [-0.15, -0.1) is 0 Å². The second-order valence-electron chi connectivity index (χ2n) is 6.77. The van der Waals surface area contributed by atoms with Crippen molar-refractivity contribution < 1.29 is 19.1 Å². The molecule has 0 spiro atoms. The summed E-state index contributed by atoms with van der Waals surface area (Å²) in [6.45, 7) is 9.00. The molecule has 0 rings (SSSR count). The van der Waals surface area contributed by atoms with Crippen LogP contribution in [0.25, 0.3) is 0 Å². The molecular formula is C19H37NO4. The Hall–Kier alpha value is -1.26. The first kappa shape index (κ1) is 22.7. The van der Waals surface area contributed by atoms with E-state index in [9.17, 15) is 9.59 Å². The molecule has 0 saturated carbocycles. The van der Waals surface area contributed by atoms with E-state index in [1.807, 2.05) is 13.8 Å². The third kappa shape index (κ3) is 13.2. The van der Waals surface area contributed by atoms with Gasteiger partial charge in [-0.3, -0.25) is 0 Å². The van der Waals surface area contributed by atoms with Crippen LogP contribution in [0.3, 0.4) is 0 Å². The van der Waals surface area contributed by atoms with Gasteiger partial charge in [0.2, 0.25) is 0 Å². The van der Waals surface area contributed by atoms with Crippen LogP contribution in [0, 0.1) is 5.92 Å². The van der Waals surface area contributed by atoms with E-state index < -0.39 is 12.1 Å². The van der Waals surface area contributed by atoms with Crippen LogP contribution in [0.15, 0.2) is 0 Å². The van der Waals surface area contributed by atoms with Crippen molar-refractivity contribution >= 4 is 12.1 Å². The minimum Gasteiger partial charge on any atom is -0.464 e. The van der Waals surface area contributed by atoms with Crippen molar-refractivity contribution in [2.75, 3.05) is 13.2 Å². The van der Waals surface area contributed by atoms with E-state index in [0.717, 1.165) is 51.4 Å². The molecule has 0 aliphatic carbocycles. The number of alkyl carbamates (subject to hydrolysis) is 1. The molecule has 0 bridgehead atoms. The van der Waals surface area contributed by atoms with Crippen molar-refractivity contribution in [1.82, 2.24) is 5.32 Å². The van der Waals surface area contributed by atoms with Crippen LogP contribution >= 0.6 is 0 Å².